The molecule has 39 valence electrons. The van der Waals surface area contributed by atoms with E-state index in [0.29, 0.717) is 0 Å². The molecule has 3 N–H and O–H groups in total. The van der Waals surface area contributed by atoms with Crippen LogP contribution in [0.3, 0.4) is 0 Å². The molecule has 1 radical (unpaired) electrons. The number of carboxylic acid groups (broad SMARTS) is 1. The fourth-order valence-electron chi connectivity index (χ4n) is 0. The molecule has 0 aromatic heterocycles. The number of aliphatic carboxylic acids is 1. The van der Waals surface area contributed by atoms with Crippen LogP contribution in [0.1, 0.15) is 0 Å². The summed E-state index contributed by atoms with van der Waals surface area (Å²) in [4.78, 5) is 9.24. The Morgan fingerprint density at radius 1 is 1.83 bits per heavy atom. The van der Waals surface area contributed by atoms with E-state index in [1.807, 2.05) is 0 Å². The molecule has 6 heavy (non-hydrogen) atoms. The first-order valence-electron chi connectivity index (χ1n) is 1.19. The van der Waals surface area contributed by atoms with E-state index in [1.165, 1.54) is 0 Å². The summed E-state index contributed by atoms with van der Waals surface area (Å²) in [5.41, 5.74) is 4.57. The molecule has 4 heteroatoms. The summed E-state index contributed by atoms with van der Waals surface area (Å²) in [7, 11) is 0. The number of carbonyl (C=O) groups is 1. The van der Waals surface area contributed by atoms with Crippen molar-refractivity contribution in [2.75, 3.05) is 6.54 Å². The summed E-state index contributed by atoms with van der Waals surface area (Å²) in [5.74, 6) is -0.968. The summed E-state index contributed by atoms with van der Waals surface area (Å²) >= 11 is 0. The van der Waals surface area contributed by atoms with Crippen molar-refractivity contribution in [3.05, 3.63) is 0 Å². The molecule has 0 aliphatic heterocycles. The SMILES string of the molecule is NCC(=O)O.[Cu+2]. The van der Waals surface area contributed by atoms with Crippen LogP contribution in [0.25, 0.3) is 0 Å². The van der Waals surface area contributed by atoms with Gasteiger partial charge in [-0.15, -0.1) is 0 Å². The van der Waals surface area contributed by atoms with E-state index in [0.717, 1.165) is 0 Å². The standard InChI is InChI=1S/C2H5NO2.Cu/c3-1-2(4)5;/h1,3H2,(H,4,5);/q;+2. The maximum Gasteiger partial charge on any atom is 2.00 e. The largest absolute Gasteiger partial charge is 2.00 e. The molecular weight excluding hydrogens is 134 g/mol. The Kier molecular flexibility index (Phi) is 7.71. The minimum absolute atomic E-state index is 0. The molecule has 0 bridgehead atoms. The van der Waals surface area contributed by atoms with Crippen molar-refractivity contribution in [3.8, 4) is 0 Å². The molecule has 0 fully saturated rings. The second-order valence-corrected chi connectivity index (χ2v) is 0.598. The van der Waals surface area contributed by atoms with Crippen molar-refractivity contribution < 1.29 is 27.0 Å². The van der Waals surface area contributed by atoms with Crippen molar-refractivity contribution in [1.82, 2.24) is 0 Å². The quantitative estimate of drug-likeness (QED) is 0.459. The first kappa shape index (κ1) is 9.34. The van der Waals surface area contributed by atoms with Gasteiger partial charge in [0, 0.05) is 0 Å². The predicted molar refractivity (Wildman–Crippen MR) is 16.7 cm³/mol. The van der Waals surface area contributed by atoms with E-state index < -0.39 is 5.97 Å². The van der Waals surface area contributed by atoms with Gasteiger partial charge in [-0.2, -0.15) is 0 Å². The third-order valence-electron chi connectivity index (χ3n) is 0.175. The molecule has 0 aliphatic rings. The Balaban J connectivity index is 0. The Bertz CT molecular complexity index is 46.8. The zero-order valence-electron chi connectivity index (χ0n) is 2.94. The van der Waals surface area contributed by atoms with Crippen LogP contribution >= 0.6 is 0 Å². The Morgan fingerprint density at radius 3 is 2.00 bits per heavy atom. The van der Waals surface area contributed by atoms with Gasteiger partial charge in [-0.1, -0.05) is 0 Å². The van der Waals surface area contributed by atoms with Crippen molar-refractivity contribution in [1.29, 1.82) is 0 Å². The molecule has 0 saturated heterocycles. The van der Waals surface area contributed by atoms with Crippen LogP contribution in [-0.4, -0.2) is 17.6 Å². The molecule has 0 aliphatic carbocycles. The minimum atomic E-state index is -0.968. The van der Waals surface area contributed by atoms with Gasteiger partial charge in [0.2, 0.25) is 0 Å². The van der Waals surface area contributed by atoms with Crippen LogP contribution in [0.4, 0.5) is 0 Å². The Hall–Kier alpha value is -0.0505. The van der Waals surface area contributed by atoms with Crippen LogP contribution in [0.15, 0.2) is 0 Å². The number of hydrogen-bond acceptors (Lipinski definition) is 2. The first-order valence-corrected chi connectivity index (χ1v) is 1.19. The average molecular weight is 139 g/mol. The van der Waals surface area contributed by atoms with Crippen LogP contribution in [0.5, 0.6) is 0 Å². The van der Waals surface area contributed by atoms with E-state index >= 15 is 0 Å². The molecule has 0 rings (SSSR count). The number of rotatable bonds is 1. The topological polar surface area (TPSA) is 63.3 Å². The van der Waals surface area contributed by atoms with Gasteiger partial charge in [0.25, 0.3) is 0 Å². The minimum Gasteiger partial charge on any atom is -0.480 e. The number of carboxylic acids is 1. The second kappa shape index (κ2) is 4.95. The summed E-state index contributed by atoms with van der Waals surface area (Å²) in [6.07, 6.45) is 0. The zero-order chi connectivity index (χ0) is 4.28. The van der Waals surface area contributed by atoms with E-state index in [1.54, 1.807) is 0 Å². The van der Waals surface area contributed by atoms with Crippen molar-refractivity contribution in [2.45, 2.75) is 0 Å². The van der Waals surface area contributed by atoms with E-state index in [2.05, 4.69) is 5.73 Å². The predicted octanol–water partition coefficient (Wildman–Crippen LogP) is -0.973. The Morgan fingerprint density at radius 2 is 2.00 bits per heavy atom. The van der Waals surface area contributed by atoms with Crippen LogP contribution in [0.2, 0.25) is 0 Å². The molecule has 0 amide bonds. The maximum atomic E-state index is 9.24. The van der Waals surface area contributed by atoms with Crippen LogP contribution < -0.4 is 5.73 Å². The van der Waals surface area contributed by atoms with Crippen molar-refractivity contribution >= 4 is 5.97 Å². The summed E-state index contributed by atoms with van der Waals surface area (Å²) in [6, 6.07) is 0. The fourth-order valence-corrected chi connectivity index (χ4v) is 0. The van der Waals surface area contributed by atoms with E-state index in [4.69, 9.17) is 5.11 Å². The van der Waals surface area contributed by atoms with Crippen molar-refractivity contribution in [3.63, 3.8) is 0 Å². The summed E-state index contributed by atoms with van der Waals surface area (Å²) in [6.45, 7) is -0.278. The third kappa shape index (κ3) is 9.04. The maximum absolute atomic E-state index is 9.24. The summed E-state index contributed by atoms with van der Waals surface area (Å²) in [5, 5.41) is 7.60. The van der Waals surface area contributed by atoms with E-state index in [9.17, 15) is 4.79 Å². The van der Waals surface area contributed by atoms with Gasteiger partial charge in [0.05, 0.1) is 6.54 Å². The normalized spacial score (nSPS) is 6.17. The average Bonchev–Trinajstić information content (AvgIpc) is 1.38. The molecule has 0 atom stereocenters. The number of nitrogens with two attached hydrogens (primary N) is 1. The molecule has 0 heterocycles. The first-order chi connectivity index (χ1) is 2.27. The van der Waals surface area contributed by atoms with Gasteiger partial charge in [-0.3, -0.25) is 4.79 Å². The van der Waals surface area contributed by atoms with Gasteiger partial charge in [-0.25, -0.2) is 0 Å². The number of hydrogen-bond donors (Lipinski definition) is 2. The molecular formula is C2H5CuNO2+2. The fraction of sp³-hybridized carbons (Fsp3) is 0.500. The van der Waals surface area contributed by atoms with Gasteiger partial charge < -0.3 is 10.8 Å². The smallest absolute Gasteiger partial charge is 0.480 e. The molecule has 0 spiro atoms. The third-order valence-corrected chi connectivity index (χ3v) is 0.175. The Labute approximate surface area is 46.0 Å². The van der Waals surface area contributed by atoms with Gasteiger partial charge in [-0.05, 0) is 0 Å². The van der Waals surface area contributed by atoms with Crippen LogP contribution in [-0.2, 0) is 21.9 Å². The van der Waals surface area contributed by atoms with Gasteiger partial charge >= 0.3 is 23.0 Å². The monoisotopic (exact) mass is 138 g/mol. The van der Waals surface area contributed by atoms with Crippen molar-refractivity contribution in [2.24, 2.45) is 5.73 Å². The zero-order valence-corrected chi connectivity index (χ0v) is 3.88. The molecule has 0 aromatic carbocycles. The van der Waals surface area contributed by atoms with Gasteiger partial charge in [0.1, 0.15) is 0 Å². The van der Waals surface area contributed by atoms with Crippen LogP contribution in [0, 0.1) is 0 Å². The second-order valence-electron chi connectivity index (χ2n) is 0.598. The molecule has 0 aromatic rings. The van der Waals surface area contributed by atoms with E-state index in [-0.39, 0.29) is 23.6 Å². The summed E-state index contributed by atoms with van der Waals surface area (Å²) < 4.78 is 0. The van der Waals surface area contributed by atoms with Gasteiger partial charge in [0.15, 0.2) is 0 Å². The molecule has 0 unspecified atom stereocenters. The molecule has 0 saturated carbocycles. The molecule has 3 nitrogen and oxygen atoms in total.